The summed E-state index contributed by atoms with van der Waals surface area (Å²) in [6.45, 7) is 0.305. The minimum atomic E-state index is -0.545. The third-order valence-corrected chi connectivity index (χ3v) is 2.75. The van der Waals surface area contributed by atoms with Gasteiger partial charge in [-0.2, -0.15) is 0 Å². The van der Waals surface area contributed by atoms with Gasteiger partial charge in [0.1, 0.15) is 23.9 Å². The molecule has 2 aromatic carbocycles. The molecule has 0 atom stereocenters. The number of hydrogen-bond acceptors (Lipinski definition) is 5. The fourth-order valence-electron chi connectivity index (χ4n) is 1.81. The van der Waals surface area contributed by atoms with Crippen LogP contribution in [0.1, 0.15) is 15.9 Å². The SMILES string of the molecule is COC(=O)c1cc(COC=O)cc(Oc2ccc(F)cc2)c1. The monoisotopic (exact) mass is 304 g/mol. The molecule has 0 fully saturated rings. The first kappa shape index (κ1) is 15.5. The Kier molecular flexibility index (Phi) is 5.08. The van der Waals surface area contributed by atoms with Crippen LogP contribution in [0.25, 0.3) is 0 Å². The molecule has 114 valence electrons. The summed E-state index contributed by atoms with van der Waals surface area (Å²) in [6.07, 6.45) is 0. The van der Waals surface area contributed by atoms with Crippen LogP contribution in [0.5, 0.6) is 11.5 Å². The van der Waals surface area contributed by atoms with E-state index in [4.69, 9.17) is 4.74 Å². The first-order valence-corrected chi connectivity index (χ1v) is 6.33. The molecular weight excluding hydrogens is 291 g/mol. The molecule has 0 amide bonds. The second kappa shape index (κ2) is 7.21. The summed E-state index contributed by atoms with van der Waals surface area (Å²) in [4.78, 5) is 21.9. The van der Waals surface area contributed by atoms with E-state index in [-0.39, 0.29) is 18.0 Å². The summed E-state index contributed by atoms with van der Waals surface area (Å²) in [7, 11) is 1.26. The summed E-state index contributed by atoms with van der Waals surface area (Å²) in [5.74, 6) is -0.169. The van der Waals surface area contributed by atoms with Gasteiger partial charge in [0.25, 0.3) is 6.47 Å². The first-order chi connectivity index (χ1) is 10.6. The van der Waals surface area contributed by atoms with E-state index in [1.54, 1.807) is 6.07 Å². The van der Waals surface area contributed by atoms with E-state index >= 15 is 0 Å². The number of esters is 1. The molecule has 2 rings (SSSR count). The van der Waals surface area contributed by atoms with Crippen molar-refractivity contribution in [2.45, 2.75) is 6.61 Å². The van der Waals surface area contributed by atoms with Gasteiger partial charge in [-0.25, -0.2) is 9.18 Å². The lowest BCUT2D eigenvalue weighted by Crippen LogP contribution is -2.03. The van der Waals surface area contributed by atoms with Gasteiger partial charge < -0.3 is 14.2 Å². The van der Waals surface area contributed by atoms with E-state index in [1.807, 2.05) is 0 Å². The van der Waals surface area contributed by atoms with Gasteiger partial charge in [-0.1, -0.05) is 0 Å². The van der Waals surface area contributed by atoms with E-state index in [0.717, 1.165) is 0 Å². The minimum absolute atomic E-state index is 0.00584. The van der Waals surface area contributed by atoms with Crippen LogP contribution in [0, 0.1) is 5.82 Å². The molecule has 6 heteroatoms. The Morgan fingerprint density at radius 2 is 1.86 bits per heavy atom. The molecule has 0 aliphatic heterocycles. The molecule has 0 saturated carbocycles. The molecule has 0 radical (unpaired) electrons. The quantitative estimate of drug-likeness (QED) is 0.606. The minimum Gasteiger partial charge on any atom is -0.465 e. The van der Waals surface area contributed by atoms with Crippen molar-refractivity contribution in [1.29, 1.82) is 0 Å². The summed E-state index contributed by atoms with van der Waals surface area (Å²) >= 11 is 0. The average molecular weight is 304 g/mol. The van der Waals surface area contributed by atoms with Crippen LogP contribution in [0.4, 0.5) is 4.39 Å². The molecule has 0 saturated heterocycles. The van der Waals surface area contributed by atoms with Crippen LogP contribution in [-0.2, 0) is 20.9 Å². The molecule has 5 nitrogen and oxygen atoms in total. The molecule has 0 N–H and O–H groups in total. The summed E-state index contributed by atoms with van der Waals surface area (Å²) in [6, 6.07) is 10.1. The largest absolute Gasteiger partial charge is 0.465 e. The van der Waals surface area contributed by atoms with Gasteiger partial charge in [0, 0.05) is 0 Å². The van der Waals surface area contributed by atoms with Crippen molar-refractivity contribution in [2.24, 2.45) is 0 Å². The molecule has 0 heterocycles. The highest BCUT2D eigenvalue weighted by Gasteiger charge is 2.11. The van der Waals surface area contributed by atoms with E-state index in [1.165, 1.54) is 43.5 Å². The van der Waals surface area contributed by atoms with Crippen LogP contribution in [-0.4, -0.2) is 19.6 Å². The van der Waals surface area contributed by atoms with Crippen LogP contribution >= 0.6 is 0 Å². The Morgan fingerprint density at radius 3 is 2.50 bits per heavy atom. The second-order valence-corrected chi connectivity index (χ2v) is 4.32. The highest BCUT2D eigenvalue weighted by atomic mass is 19.1. The maximum atomic E-state index is 12.9. The fourth-order valence-corrected chi connectivity index (χ4v) is 1.81. The molecule has 2 aromatic rings. The van der Waals surface area contributed by atoms with Crippen LogP contribution in [0.2, 0.25) is 0 Å². The van der Waals surface area contributed by atoms with E-state index in [9.17, 15) is 14.0 Å². The maximum Gasteiger partial charge on any atom is 0.337 e. The second-order valence-electron chi connectivity index (χ2n) is 4.32. The number of methoxy groups -OCH3 is 1. The topological polar surface area (TPSA) is 61.8 Å². The van der Waals surface area contributed by atoms with Crippen molar-refractivity contribution in [3.63, 3.8) is 0 Å². The summed E-state index contributed by atoms with van der Waals surface area (Å²) in [5, 5.41) is 0. The number of ether oxygens (including phenoxy) is 3. The highest BCUT2D eigenvalue weighted by molar-refractivity contribution is 5.90. The number of hydrogen-bond donors (Lipinski definition) is 0. The Morgan fingerprint density at radius 1 is 1.14 bits per heavy atom. The molecule has 0 aromatic heterocycles. The number of rotatable bonds is 6. The van der Waals surface area contributed by atoms with Crippen molar-refractivity contribution in [1.82, 2.24) is 0 Å². The molecular formula is C16H13FO5. The Hall–Kier alpha value is -2.89. The number of carbonyl (C=O) groups excluding carboxylic acids is 2. The van der Waals surface area contributed by atoms with E-state index in [0.29, 0.717) is 23.5 Å². The number of benzene rings is 2. The third kappa shape index (κ3) is 4.05. The van der Waals surface area contributed by atoms with Crippen molar-refractivity contribution >= 4 is 12.4 Å². The van der Waals surface area contributed by atoms with Gasteiger partial charge in [0.15, 0.2) is 0 Å². The normalized spacial score (nSPS) is 9.91. The van der Waals surface area contributed by atoms with Gasteiger partial charge in [0.2, 0.25) is 0 Å². The van der Waals surface area contributed by atoms with Gasteiger partial charge in [0.05, 0.1) is 12.7 Å². The van der Waals surface area contributed by atoms with Crippen molar-refractivity contribution in [3.05, 3.63) is 59.4 Å². The molecule has 0 aliphatic rings. The molecule has 0 aliphatic carbocycles. The van der Waals surface area contributed by atoms with Crippen LogP contribution < -0.4 is 4.74 Å². The standard InChI is InChI=1S/C16H13FO5/c1-20-16(19)12-6-11(9-21-10-18)7-15(8-12)22-14-4-2-13(17)3-5-14/h2-8,10H,9H2,1H3. The lowest BCUT2D eigenvalue weighted by molar-refractivity contribution is -0.129. The first-order valence-electron chi connectivity index (χ1n) is 6.33. The zero-order chi connectivity index (χ0) is 15.9. The predicted octanol–water partition coefficient (Wildman–Crippen LogP) is 3.08. The molecule has 22 heavy (non-hydrogen) atoms. The van der Waals surface area contributed by atoms with Crippen molar-refractivity contribution < 1.29 is 28.2 Å². The van der Waals surface area contributed by atoms with E-state index in [2.05, 4.69) is 9.47 Å². The Bertz CT molecular complexity index is 667. The van der Waals surface area contributed by atoms with Gasteiger partial charge in [-0.3, -0.25) is 4.79 Å². The lowest BCUT2D eigenvalue weighted by Gasteiger charge is -2.10. The maximum absolute atomic E-state index is 12.9. The lowest BCUT2D eigenvalue weighted by atomic mass is 10.1. The Labute approximate surface area is 126 Å². The van der Waals surface area contributed by atoms with Crippen molar-refractivity contribution in [3.8, 4) is 11.5 Å². The summed E-state index contributed by atoms with van der Waals surface area (Å²) < 4.78 is 27.8. The van der Waals surface area contributed by atoms with Crippen LogP contribution in [0.3, 0.4) is 0 Å². The number of carbonyl (C=O) groups is 2. The molecule has 0 spiro atoms. The zero-order valence-electron chi connectivity index (χ0n) is 11.7. The third-order valence-electron chi connectivity index (χ3n) is 2.75. The number of halogens is 1. The summed E-state index contributed by atoms with van der Waals surface area (Å²) in [5.41, 5.74) is 0.818. The average Bonchev–Trinajstić information content (AvgIpc) is 2.54. The predicted molar refractivity (Wildman–Crippen MR) is 75.1 cm³/mol. The Balaban J connectivity index is 2.29. The van der Waals surface area contributed by atoms with Gasteiger partial charge in [-0.05, 0) is 48.0 Å². The smallest absolute Gasteiger partial charge is 0.337 e. The van der Waals surface area contributed by atoms with Crippen LogP contribution in [0.15, 0.2) is 42.5 Å². The molecule has 0 unspecified atom stereocenters. The van der Waals surface area contributed by atoms with Gasteiger partial charge >= 0.3 is 5.97 Å². The fraction of sp³-hybridized carbons (Fsp3) is 0.125. The highest BCUT2D eigenvalue weighted by Crippen LogP contribution is 2.25. The van der Waals surface area contributed by atoms with E-state index < -0.39 is 5.97 Å². The molecule has 0 bridgehead atoms. The zero-order valence-corrected chi connectivity index (χ0v) is 11.7. The van der Waals surface area contributed by atoms with Crippen molar-refractivity contribution in [2.75, 3.05) is 7.11 Å². The van der Waals surface area contributed by atoms with Gasteiger partial charge in [-0.15, -0.1) is 0 Å².